The van der Waals surface area contributed by atoms with Gasteiger partial charge >= 0.3 is 0 Å². The van der Waals surface area contributed by atoms with Crippen LogP contribution in [0.5, 0.6) is 5.75 Å². The van der Waals surface area contributed by atoms with Gasteiger partial charge in [-0.1, -0.05) is 19.1 Å². The SMILES string of the molecule is CCC(O)c1ccc(OCCCSC)cc1. The van der Waals surface area contributed by atoms with E-state index in [1.165, 1.54) is 0 Å². The molecule has 16 heavy (non-hydrogen) atoms. The summed E-state index contributed by atoms with van der Waals surface area (Å²) in [5.41, 5.74) is 0.957. The summed E-state index contributed by atoms with van der Waals surface area (Å²) < 4.78 is 5.58. The highest BCUT2D eigenvalue weighted by molar-refractivity contribution is 7.98. The Kier molecular flexibility index (Phi) is 6.34. The maximum atomic E-state index is 9.62. The van der Waals surface area contributed by atoms with Gasteiger partial charge in [-0.15, -0.1) is 0 Å². The Morgan fingerprint density at radius 3 is 2.56 bits per heavy atom. The third kappa shape index (κ3) is 4.45. The van der Waals surface area contributed by atoms with Crippen molar-refractivity contribution >= 4 is 11.8 Å². The fourth-order valence-corrected chi connectivity index (χ4v) is 1.82. The van der Waals surface area contributed by atoms with Gasteiger partial charge in [0.1, 0.15) is 5.75 Å². The van der Waals surface area contributed by atoms with Crippen LogP contribution in [0, 0.1) is 0 Å². The molecule has 1 N–H and O–H groups in total. The molecule has 0 aliphatic carbocycles. The van der Waals surface area contributed by atoms with Crippen LogP contribution in [-0.4, -0.2) is 23.7 Å². The Balaban J connectivity index is 2.39. The molecule has 0 aromatic heterocycles. The van der Waals surface area contributed by atoms with Crippen LogP contribution in [0.1, 0.15) is 31.4 Å². The molecule has 0 amide bonds. The lowest BCUT2D eigenvalue weighted by Crippen LogP contribution is -1.99. The summed E-state index contributed by atoms with van der Waals surface area (Å²) in [6.45, 7) is 2.73. The molecule has 0 fully saturated rings. The topological polar surface area (TPSA) is 29.5 Å². The van der Waals surface area contributed by atoms with Gasteiger partial charge in [0.2, 0.25) is 0 Å². The third-order valence-corrected chi connectivity index (χ3v) is 3.11. The zero-order chi connectivity index (χ0) is 11.8. The van der Waals surface area contributed by atoms with Crippen molar-refractivity contribution in [3.8, 4) is 5.75 Å². The first-order chi connectivity index (χ1) is 7.77. The number of benzene rings is 1. The predicted octanol–water partition coefficient (Wildman–Crippen LogP) is 3.26. The van der Waals surface area contributed by atoms with Crippen LogP contribution in [0.3, 0.4) is 0 Å². The highest BCUT2D eigenvalue weighted by atomic mass is 32.2. The van der Waals surface area contributed by atoms with E-state index in [-0.39, 0.29) is 6.10 Å². The molecule has 1 aromatic rings. The van der Waals surface area contributed by atoms with Crippen LogP contribution in [-0.2, 0) is 0 Å². The van der Waals surface area contributed by atoms with Crippen LogP contribution in [0.4, 0.5) is 0 Å². The first-order valence-corrected chi connectivity index (χ1v) is 7.07. The van der Waals surface area contributed by atoms with Crippen LogP contribution in [0.15, 0.2) is 24.3 Å². The zero-order valence-corrected chi connectivity index (χ0v) is 10.8. The van der Waals surface area contributed by atoms with Crippen molar-refractivity contribution in [2.24, 2.45) is 0 Å². The number of aliphatic hydroxyl groups is 1. The number of ether oxygens (including phenoxy) is 1. The number of thioether (sulfide) groups is 1. The monoisotopic (exact) mass is 240 g/mol. The number of hydrogen-bond donors (Lipinski definition) is 1. The summed E-state index contributed by atoms with van der Waals surface area (Å²) in [5, 5.41) is 9.62. The van der Waals surface area contributed by atoms with E-state index in [1.807, 2.05) is 43.0 Å². The lowest BCUT2D eigenvalue weighted by molar-refractivity contribution is 0.173. The van der Waals surface area contributed by atoms with Gasteiger partial charge < -0.3 is 9.84 Å². The van der Waals surface area contributed by atoms with E-state index in [9.17, 15) is 5.11 Å². The van der Waals surface area contributed by atoms with Crippen molar-refractivity contribution in [2.45, 2.75) is 25.9 Å². The molecule has 0 saturated carbocycles. The van der Waals surface area contributed by atoms with Gasteiger partial charge in [0.15, 0.2) is 0 Å². The molecule has 0 aliphatic heterocycles. The van der Waals surface area contributed by atoms with E-state index in [0.29, 0.717) is 0 Å². The fraction of sp³-hybridized carbons (Fsp3) is 0.538. The first-order valence-electron chi connectivity index (χ1n) is 5.67. The summed E-state index contributed by atoms with van der Waals surface area (Å²) in [5.74, 6) is 2.01. The average molecular weight is 240 g/mol. The first kappa shape index (κ1) is 13.4. The fourth-order valence-electron chi connectivity index (χ4n) is 1.42. The molecule has 2 nitrogen and oxygen atoms in total. The molecule has 0 radical (unpaired) electrons. The molecular weight excluding hydrogens is 220 g/mol. The van der Waals surface area contributed by atoms with Crippen molar-refractivity contribution in [1.82, 2.24) is 0 Å². The second kappa shape index (κ2) is 7.58. The Morgan fingerprint density at radius 1 is 1.31 bits per heavy atom. The highest BCUT2D eigenvalue weighted by Gasteiger charge is 2.03. The summed E-state index contributed by atoms with van der Waals surface area (Å²) in [7, 11) is 0. The van der Waals surface area contributed by atoms with Gasteiger partial charge in [-0.25, -0.2) is 0 Å². The Labute approximate surface area is 102 Å². The van der Waals surface area contributed by atoms with E-state index in [0.717, 1.165) is 36.5 Å². The number of hydrogen-bond acceptors (Lipinski definition) is 3. The summed E-state index contributed by atoms with van der Waals surface area (Å²) in [6, 6.07) is 7.71. The van der Waals surface area contributed by atoms with E-state index in [2.05, 4.69) is 6.26 Å². The van der Waals surface area contributed by atoms with Crippen LogP contribution in [0.2, 0.25) is 0 Å². The number of rotatable bonds is 7. The van der Waals surface area contributed by atoms with E-state index in [1.54, 1.807) is 0 Å². The van der Waals surface area contributed by atoms with Crippen LogP contribution < -0.4 is 4.74 Å². The molecular formula is C13H20O2S. The molecule has 0 bridgehead atoms. The normalized spacial score (nSPS) is 12.4. The van der Waals surface area contributed by atoms with Gasteiger partial charge in [0, 0.05) is 0 Å². The molecule has 0 aliphatic rings. The van der Waals surface area contributed by atoms with Gasteiger partial charge in [0.05, 0.1) is 12.7 Å². The summed E-state index contributed by atoms with van der Waals surface area (Å²) >= 11 is 1.83. The van der Waals surface area contributed by atoms with Gasteiger partial charge in [-0.2, -0.15) is 11.8 Å². The maximum Gasteiger partial charge on any atom is 0.119 e. The minimum absolute atomic E-state index is 0.356. The van der Waals surface area contributed by atoms with E-state index >= 15 is 0 Å². The molecule has 0 spiro atoms. The Bertz CT molecular complexity index is 284. The minimum Gasteiger partial charge on any atom is -0.494 e. The quantitative estimate of drug-likeness (QED) is 0.742. The highest BCUT2D eigenvalue weighted by Crippen LogP contribution is 2.19. The predicted molar refractivity (Wildman–Crippen MR) is 70.2 cm³/mol. The van der Waals surface area contributed by atoms with Crippen molar-refractivity contribution in [2.75, 3.05) is 18.6 Å². The van der Waals surface area contributed by atoms with Crippen LogP contribution in [0.25, 0.3) is 0 Å². The number of aliphatic hydroxyl groups excluding tert-OH is 1. The Hall–Kier alpha value is -0.670. The second-order valence-corrected chi connectivity index (χ2v) is 4.67. The van der Waals surface area contributed by atoms with Crippen molar-refractivity contribution < 1.29 is 9.84 Å². The van der Waals surface area contributed by atoms with Crippen molar-refractivity contribution in [3.63, 3.8) is 0 Å². The standard InChI is InChI=1S/C13H20O2S/c1-3-13(14)11-5-7-12(8-6-11)15-9-4-10-16-2/h5-8,13-14H,3-4,9-10H2,1-2H3. The minimum atomic E-state index is -0.356. The second-order valence-electron chi connectivity index (χ2n) is 3.69. The lowest BCUT2D eigenvalue weighted by Gasteiger charge is -2.09. The molecule has 0 saturated heterocycles. The van der Waals surface area contributed by atoms with Crippen molar-refractivity contribution in [1.29, 1.82) is 0 Å². The zero-order valence-electron chi connectivity index (χ0n) is 9.98. The van der Waals surface area contributed by atoms with E-state index in [4.69, 9.17) is 4.74 Å². The largest absolute Gasteiger partial charge is 0.494 e. The van der Waals surface area contributed by atoms with E-state index < -0.39 is 0 Å². The molecule has 1 aromatic carbocycles. The van der Waals surface area contributed by atoms with Gasteiger partial charge in [0.25, 0.3) is 0 Å². The molecule has 1 atom stereocenters. The van der Waals surface area contributed by atoms with Gasteiger partial charge in [-0.05, 0) is 42.5 Å². The third-order valence-electron chi connectivity index (χ3n) is 2.41. The average Bonchev–Trinajstić information content (AvgIpc) is 2.34. The maximum absolute atomic E-state index is 9.62. The summed E-state index contributed by atoms with van der Waals surface area (Å²) in [6.07, 6.45) is 3.56. The van der Waals surface area contributed by atoms with Gasteiger partial charge in [-0.3, -0.25) is 0 Å². The summed E-state index contributed by atoms with van der Waals surface area (Å²) in [4.78, 5) is 0. The lowest BCUT2D eigenvalue weighted by atomic mass is 10.1. The molecule has 1 unspecified atom stereocenters. The molecule has 3 heteroatoms. The van der Waals surface area contributed by atoms with Crippen LogP contribution >= 0.6 is 11.8 Å². The molecule has 1 rings (SSSR count). The molecule has 0 heterocycles. The Morgan fingerprint density at radius 2 is 2.00 bits per heavy atom. The smallest absolute Gasteiger partial charge is 0.119 e. The van der Waals surface area contributed by atoms with Crippen molar-refractivity contribution in [3.05, 3.63) is 29.8 Å². The molecule has 90 valence electrons.